The first-order chi connectivity index (χ1) is 11.8. The van der Waals surface area contributed by atoms with Gasteiger partial charge in [-0.1, -0.05) is 30.3 Å². The molecule has 6 nitrogen and oxygen atoms in total. The Morgan fingerprint density at radius 2 is 1.88 bits per heavy atom. The summed E-state index contributed by atoms with van der Waals surface area (Å²) >= 11 is 1.06. The number of amides is 1. The minimum atomic E-state index is -3.37. The molecular weight excluding hydrogens is 362 g/mol. The van der Waals surface area contributed by atoms with E-state index in [1.54, 1.807) is 0 Å². The Morgan fingerprint density at radius 1 is 1.20 bits per heavy atom. The molecule has 1 amide bonds. The largest absolute Gasteiger partial charge is 0.481 e. The van der Waals surface area contributed by atoms with Crippen molar-refractivity contribution in [1.82, 2.24) is 4.90 Å². The smallest absolute Gasteiger partial charge is 0.308 e. The van der Waals surface area contributed by atoms with Crippen LogP contribution in [0.15, 0.2) is 46.7 Å². The maximum atomic E-state index is 12.7. The van der Waals surface area contributed by atoms with E-state index in [1.165, 1.54) is 16.3 Å². The van der Waals surface area contributed by atoms with Crippen molar-refractivity contribution in [3.05, 3.63) is 52.2 Å². The van der Waals surface area contributed by atoms with Crippen LogP contribution < -0.4 is 0 Å². The standard InChI is InChI=1S/C17H17NO5S2/c1-25(22,23)12-7-15(24-10-12)16(19)18-8-13(14(9-18)17(20)21)11-5-3-2-4-6-11/h2-7,10,13-14H,8-9H2,1H3,(H,20,21). The second-order valence-electron chi connectivity index (χ2n) is 6.09. The summed E-state index contributed by atoms with van der Waals surface area (Å²) in [5, 5.41) is 10.9. The number of carboxylic acids is 1. The molecule has 25 heavy (non-hydrogen) atoms. The van der Waals surface area contributed by atoms with Crippen molar-refractivity contribution < 1.29 is 23.1 Å². The summed E-state index contributed by atoms with van der Waals surface area (Å²) in [7, 11) is -3.37. The third-order valence-corrected chi connectivity index (χ3v) is 6.53. The van der Waals surface area contributed by atoms with Crippen molar-refractivity contribution in [3.63, 3.8) is 0 Å². The Hall–Kier alpha value is -2.19. The lowest BCUT2D eigenvalue weighted by atomic mass is 9.89. The maximum Gasteiger partial charge on any atom is 0.308 e. The monoisotopic (exact) mass is 379 g/mol. The molecule has 0 bridgehead atoms. The second-order valence-corrected chi connectivity index (χ2v) is 9.02. The molecule has 1 aliphatic rings. The van der Waals surface area contributed by atoms with Gasteiger partial charge in [0.2, 0.25) is 0 Å². The van der Waals surface area contributed by atoms with Gasteiger partial charge in [0, 0.05) is 30.6 Å². The van der Waals surface area contributed by atoms with E-state index in [0.29, 0.717) is 11.4 Å². The van der Waals surface area contributed by atoms with Crippen LogP contribution in [0, 0.1) is 5.92 Å². The number of carbonyl (C=O) groups excluding carboxylic acids is 1. The lowest BCUT2D eigenvalue weighted by Crippen LogP contribution is -2.29. The van der Waals surface area contributed by atoms with Crippen molar-refractivity contribution in [1.29, 1.82) is 0 Å². The van der Waals surface area contributed by atoms with E-state index in [1.807, 2.05) is 30.3 Å². The molecule has 8 heteroatoms. The molecule has 1 aromatic carbocycles. The van der Waals surface area contributed by atoms with Crippen LogP contribution in [0.25, 0.3) is 0 Å². The quantitative estimate of drug-likeness (QED) is 0.878. The number of carboxylic acid groups (broad SMARTS) is 1. The Balaban J connectivity index is 1.85. The van der Waals surface area contributed by atoms with Crippen LogP contribution in [0.3, 0.4) is 0 Å². The van der Waals surface area contributed by atoms with Gasteiger partial charge in [-0.15, -0.1) is 11.3 Å². The number of sulfone groups is 1. The van der Waals surface area contributed by atoms with Gasteiger partial charge in [-0.3, -0.25) is 9.59 Å². The van der Waals surface area contributed by atoms with E-state index in [0.717, 1.165) is 23.2 Å². The number of hydrogen-bond donors (Lipinski definition) is 1. The van der Waals surface area contributed by atoms with E-state index in [9.17, 15) is 23.1 Å². The van der Waals surface area contributed by atoms with Crippen molar-refractivity contribution in [2.45, 2.75) is 10.8 Å². The molecule has 1 saturated heterocycles. The zero-order valence-corrected chi connectivity index (χ0v) is 15.1. The number of nitrogens with zero attached hydrogens (tertiary/aromatic N) is 1. The number of likely N-dealkylation sites (tertiary alicyclic amines) is 1. The lowest BCUT2D eigenvalue weighted by molar-refractivity contribution is -0.141. The molecule has 2 heterocycles. The number of thiophene rings is 1. The third-order valence-electron chi connectivity index (χ3n) is 4.37. The molecular formula is C17H17NO5S2. The van der Waals surface area contributed by atoms with E-state index in [2.05, 4.69) is 0 Å². The highest BCUT2D eigenvalue weighted by Gasteiger charge is 2.40. The first-order valence-electron chi connectivity index (χ1n) is 7.63. The van der Waals surface area contributed by atoms with E-state index >= 15 is 0 Å². The van der Waals surface area contributed by atoms with Crippen LogP contribution in [0.2, 0.25) is 0 Å². The second kappa shape index (κ2) is 6.61. The van der Waals surface area contributed by atoms with Gasteiger partial charge in [-0.05, 0) is 11.6 Å². The Kier molecular flexibility index (Phi) is 4.66. The third kappa shape index (κ3) is 3.59. The summed E-state index contributed by atoms with van der Waals surface area (Å²) in [5.74, 6) is -2.23. The number of hydrogen-bond acceptors (Lipinski definition) is 5. The van der Waals surface area contributed by atoms with Crippen molar-refractivity contribution in [2.75, 3.05) is 19.3 Å². The predicted molar refractivity (Wildman–Crippen MR) is 93.6 cm³/mol. The van der Waals surface area contributed by atoms with Crippen molar-refractivity contribution >= 4 is 33.1 Å². The molecule has 0 radical (unpaired) electrons. The fourth-order valence-corrected chi connectivity index (χ4v) is 5.03. The van der Waals surface area contributed by atoms with E-state index < -0.39 is 21.7 Å². The van der Waals surface area contributed by atoms with Gasteiger partial charge in [0.25, 0.3) is 5.91 Å². The SMILES string of the molecule is CS(=O)(=O)c1csc(C(=O)N2CC(C(=O)O)C(c3ccccc3)C2)c1. The summed E-state index contributed by atoms with van der Waals surface area (Å²) in [6.07, 6.45) is 1.09. The highest BCUT2D eigenvalue weighted by atomic mass is 32.2. The van der Waals surface area contributed by atoms with Crippen LogP contribution in [0.5, 0.6) is 0 Å². The Morgan fingerprint density at radius 3 is 2.44 bits per heavy atom. The minimum absolute atomic E-state index is 0.106. The minimum Gasteiger partial charge on any atom is -0.481 e. The average molecular weight is 379 g/mol. The number of benzene rings is 1. The molecule has 0 saturated carbocycles. The first kappa shape index (κ1) is 17.6. The van der Waals surface area contributed by atoms with E-state index in [4.69, 9.17) is 0 Å². The Bertz CT molecular complexity index is 904. The molecule has 0 spiro atoms. The summed E-state index contributed by atoms with van der Waals surface area (Å²) in [5.41, 5.74) is 0.883. The number of rotatable bonds is 4. The predicted octanol–water partition coefficient (Wildman–Crippen LogP) is 2.09. The van der Waals surface area contributed by atoms with Gasteiger partial charge in [0.1, 0.15) is 0 Å². The number of carbonyl (C=O) groups is 2. The van der Waals surface area contributed by atoms with Gasteiger partial charge >= 0.3 is 5.97 Å². The number of aliphatic carboxylic acids is 1. The van der Waals surface area contributed by atoms with Crippen LogP contribution in [-0.2, 0) is 14.6 Å². The highest BCUT2D eigenvalue weighted by molar-refractivity contribution is 7.90. The maximum absolute atomic E-state index is 12.7. The van der Waals surface area contributed by atoms with Crippen LogP contribution in [-0.4, -0.2) is 49.6 Å². The average Bonchev–Trinajstić information content (AvgIpc) is 3.22. The first-order valence-corrected chi connectivity index (χ1v) is 10.4. The lowest BCUT2D eigenvalue weighted by Gasteiger charge is -2.15. The van der Waals surface area contributed by atoms with Gasteiger partial charge in [-0.25, -0.2) is 8.42 Å². The molecule has 3 rings (SSSR count). The van der Waals surface area contributed by atoms with Crippen LogP contribution in [0.1, 0.15) is 21.2 Å². The van der Waals surface area contributed by atoms with Crippen LogP contribution in [0.4, 0.5) is 0 Å². The zero-order chi connectivity index (χ0) is 18.2. The summed E-state index contributed by atoms with van der Waals surface area (Å²) < 4.78 is 23.1. The fourth-order valence-electron chi connectivity index (χ4n) is 3.04. The topological polar surface area (TPSA) is 91.8 Å². The molecule has 2 unspecified atom stereocenters. The summed E-state index contributed by atoms with van der Waals surface area (Å²) in [6, 6.07) is 10.6. The molecule has 2 atom stereocenters. The van der Waals surface area contributed by atoms with Crippen LogP contribution >= 0.6 is 11.3 Å². The molecule has 1 aliphatic heterocycles. The fraction of sp³-hybridized carbons (Fsp3) is 0.294. The normalized spacial score (nSPS) is 20.6. The molecule has 132 valence electrons. The molecule has 0 aliphatic carbocycles. The molecule has 1 aromatic heterocycles. The van der Waals surface area contributed by atoms with Crippen molar-refractivity contribution in [2.24, 2.45) is 5.92 Å². The highest BCUT2D eigenvalue weighted by Crippen LogP contribution is 2.34. The van der Waals surface area contributed by atoms with Gasteiger partial charge in [0.05, 0.1) is 15.7 Å². The summed E-state index contributed by atoms with van der Waals surface area (Å²) in [6.45, 7) is 0.408. The molecule has 2 aromatic rings. The van der Waals surface area contributed by atoms with Gasteiger partial charge < -0.3 is 10.0 Å². The summed E-state index contributed by atoms with van der Waals surface area (Å²) in [4.78, 5) is 26.2. The van der Waals surface area contributed by atoms with E-state index in [-0.39, 0.29) is 23.3 Å². The van der Waals surface area contributed by atoms with Gasteiger partial charge in [-0.2, -0.15) is 0 Å². The van der Waals surface area contributed by atoms with Gasteiger partial charge in [0.15, 0.2) is 9.84 Å². The molecule has 1 N–H and O–H groups in total. The molecule has 1 fully saturated rings. The van der Waals surface area contributed by atoms with Crippen molar-refractivity contribution in [3.8, 4) is 0 Å². The Labute approximate surface area is 149 Å². The zero-order valence-electron chi connectivity index (χ0n) is 13.5.